The summed E-state index contributed by atoms with van der Waals surface area (Å²) in [7, 11) is 0. The van der Waals surface area contributed by atoms with E-state index in [1.807, 2.05) is 0 Å². The molecule has 0 bridgehead atoms. The van der Waals surface area contributed by atoms with Gasteiger partial charge in [0.2, 0.25) is 0 Å². The van der Waals surface area contributed by atoms with Crippen LogP contribution in [0.3, 0.4) is 0 Å². The van der Waals surface area contributed by atoms with Crippen LogP contribution < -0.4 is 0 Å². The number of carbonyl (C=O) groups is 1. The molecule has 1 aliphatic rings. The van der Waals surface area contributed by atoms with Gasteiger partial charge in [0.25, 0.3) is 0 Å². The predicted molar refractivity (Wildman–Crippen MR) is 60.1 cm³/mol. The third kappa shape index (κ3) is 3.49. The van der Waals surface area contributed by atoms with Gasteiger partial charge >= 0.3 is 0 Å². The van der Waals surface area contributed by atoms with Crippen LogP contribution in [0.4, 0.5) is 0 Å². The molecule has 0 radical (unpaired) electrons. The largest absolute Gasteiger partial charge is 0.303 e. The fraction of sp³-hybridized carbons (Fsp3) is 0.615. The first-order chi connectivity index (χ1) is 6.76. The van der Waals surface area contributed by atoms with E-state index in [-0.39, 0.29) is 5.92 Å². The second-order valence-corrected chi connectivity index (χ2v) is 4.19. The number of allylic oxidation sites excluding steroid dienone is 4. The zero-order chi connectivity index (χ0) is 10.4. The van der Waals surface area contributed by atoms with Crippen LogP contribution in [0.5, 0.6) is 0 Å². The predicted octanol–water partition coefficient (Wildman–Crippen LogP) is 3.51. The van der Waals surface area contributed by atoms with Crippen LogP contribution in [0.1, 0.15) is 39.5 Å². The third-order valence-corrected chi connectivity index (χ3v) is 2.96. The molecule has 0 fully saturated rings. The Bertz CT molecular complexity index is 238. The summed E-state index contributed by atoms with van der Waals surface area (Å²) in [6.45, 7) is 4.43. The average molecular weight is 192 g/mol. The van der Waals surface area contributed by atoms with Crippen molar-refractivity contribution in [2.45, 2.75) is 39.5 Å². The summed E-state index contributed by atoms with van der Waals surface area (Å²) in [6, 6.07) is 0. The summed E-state index contributed by atoms with van der Waals surface area (Å²) in [6.07, 6.45) is 12.0. The highest BCUT2D eigenvalue weighted by Gasteiger charge is 2.11. The Morgan fingerprint density at radius 1 is 1.64 bits per heavy atom. The highest BCUT2D eigenvalue weighted by atomic mass is 16.1. The zero-order valence-corrected chi connectivity index (χ0v) is 9.20. The minimum atomic E-state index is 0.274. The Hall–Kier alpha value is -0.850. The molecule has 0 aliphatic heterocycles. The molecule has 1 aliphatic carbocycles. The van der Waals surface area contributed by atoms with Gasteiger partial charge < -0.3 is 4.79 Å². The maximum Gasteiger partial charge on any atom is 0.123 e. The lowest BCUT2D eigenvalue weighted by Crippen LogP contribution is -2.05. The van der Waals surface area contributed by atoms with Gasteiger partial charge in [-0.15, -0.1) is 0 Å². The molecule has 0 saturated heterocycles. The van der Waals surface area contributed by atoms with Gasteiger partial charge in [0.05, 0.1) is 0 Å². The van der Waals surface area contributed by atoms with Crippen LogP contribution in [0.25, 0.3) is 0 Å². The average Bonchev–Trinajstić information content (AvgIpc) is 2.26. The summed E-state index contributed by atoms with van der Waals surface area (Å²) < 4.78 is 0. The van der Waals surface area contributed by atoms with Crippen LogP contribution in [0, 0.1) is 11.8 Å². The second-order valence-electron chi connectivity index (χ2n) is 4.19. The fourth-order valence-corrected chi connectivity index (χ4v) is 1.57. The maximum absolute atomic E-state index is 10.5. The Morgan fingerprint density at radius 2 is 2.43 bits per heavy atom. The van der Waals surface area contributed by atoms with Gasteiger partial charge in [-0.3, -0.25) is 0 Å². The van der Waals surface area contributed by atoms with Gasteiger partial charge in [-0.05, 0) is 25.2 Å². The van der Waals surface area contributed by atoms with Crippen molar-refractivity contribution >= 4 is 6.29 Å². The summed E-state index contributed by atoms with van der Waals surface area (Å²) in [5, 5.41) is 0. The number of carbonyl (C=O) groups excluding carboxylic acids is 1. The lowest BCUT2D eigenvalue weighted by Gasteiger charge is -2.15. The number of rotatable bonds is 4. The third-order valence-electron chi connectivity index (χ3n) is 2.96. The van der Waals surface area contributed by atoms with Crippen LogP contribution >= 0.6 is 0 Å². The summed E-state index contributed by atoms with van der Waals surface area (Å²) in [5.41, 5.74) is 1.41. The summed E-state index contributed by atoms with van der Waals surface area (Å²) in [5.74, 6) is 0.940. The number of hydrogen-bond acceptors (Lipinski definition) is 1. The number of aldehydes is 1. The quantitative estimate of drug-likeness (QED) is 0.623. The molecule has 0 aromatic rings. The van der Waals surface area contributed by atoms with Crippen molar-refractivity contribution in [2.75, 3.05) is 0 Å². The molecule has 2 unspecified atom stereocenters. The molecule has 0 amide bonds. The lowest BCUT2D eigenvalue weighted by atomic mass is 9.90. The molecule has 0 aromatic carbocycles. The topological polar surface area (TPSA) is 17.1 Å². The Kier molecular flexibility index (Phi) is 4.64. The first kappa shape index (κ1) is 11.2. The van der Waals surface area contributed by atoms with Gasteiger partial charge in [0.15, 0.2) is 0 Å². The van der Waals surface area contributed by atoms with Crippen molar-refractivity contribution in [1.29, 1.82) is 0 Å². The van der Waals surface area contributed by atoms with E-state index < -0.39 is 0 Å². The van der Waals surface area contributed by atoms with Crippen LogP contribution in [-0.4, -0.2) is 6.29 Å². The Balaban J connectivity index is 2.43. The molecule has 1 rings (SSSR count). The Morgan fingerprint density at radius 3 is 2.93 bits per heavy atom. The molecule has 1 heteroatoms. The molecule has 0 N–H and O–H groups in total. The van der Waals surface area contributed by atoms with Crippen molar-refractivity contribution < 1.29 is 4.79 Å². The van der Waals surface area contributed by atoms with Crippen molar-refractivity contribution in [2.24, 2.45) is 11.8 Å². The molecule has 78 valence electrons. The van der Waals surface area contributed by atoms with E-state index in [0.29, 0.717) is 5.92 Å². The van der Waals surface area contributed by atoms with Crippen molar-refractivity contribution in [3.05, 3.63) is 23.8 Å². The van der Waals surface area contributed by atoms with Gasteiger partial charge in [-0.25, -0.2) is 0 Å². The molecule has 0 saturated carbocycles. The van der Waals surface area contributed by atoms with E-state index in [4.69, 9.17) is 0 Å². The van der Waals surface area contributed by atoms with E-state index in [1.165, 1.54) is 12.0 Å². The molecule has 0 aromatic heterocycles. The van der Waals surface area contributed by atoms with Crippen molar-refractivity contribution in [3.63, 3.8) is 0 Å². The molecule has 14 heavy (non-hydrogen) atoms. The smallest absolute Gasteiger partial charge is 0.123 e. The van der Waals surface area contributed by atoms with E-state index in [0.717, 1.165) is 25.5 Å². The summed E-state index contributed by atoms with van der Waals surface area (Å²) in [4.78, 5) is 10.5. The molecule has 1 nitrogen and oxygen atoms in total. The monoisotopic (exact) mass is 192 g/mol. The van der Waals surface area contributed by atoms with Gasteiger partial charge in [-0.1, -0.05) is 44.1 Å². The minimum Gasteiger partial charge on any atom is -0.303 e. The highest BCUT2D eigenvalue weighted by molar-refractivity contribution is 5.54. The SMILES string of the molecule is CCC(C)C=CC1=CCC(C=O)CC1. The van der Waals surface area contributed by atoms with Crippen molar-refractivity contribution in [3.8, 4) is 0 Å². The first-order valence-corrected chi connectivity index (χ1v) is 5.58. The van der Waals surface area contributed by atoms with E-state index in [1.54, 1.807) is 0 Å². The van der Waals surface area contributed by atoms with Gasteiger partial charge in [-0.2, -0.15) is 0 Å². The van der Waals surface area contributed by atoms with Crippen LogP contribution in [0.2, 0.25) is 0 Å². The van der Waals surface area contributed by atoms with Gasteiger partial charge in [0, 0.05) is 5.92 Å². The second kappa shape index (κ2) is 5.79. The van der Waals surface area contributed by atoms with E-state index in [9.17, 15) is 4.79 Å². The first-order valence-electron chi connectivity index (χ1n) is 5.58. The van der Waals surface area contributed by atoms with Crippen molar-refractivity contribution in [1.82, 2.24) is 0 Å². The van der Waals surface area contributed by atoms with Crippen LogP contribution in [0.15, 0.2) is 23.8 Å². The molecular weight excluding hydrogens is 172 g/mol. The van der Waals surface area contributed by atoms with Crippen LogP contribution in [-0.2, 0) is 4.79 Å². The van der Waals surface area contributed by atoms with E-state index >= 15 is 0 Å². The molecule has 0 spiro atoms. The summed E-state index contributed by atoms with van der Waals surface area (Å²) >= 11 is 0. The van der Waals surface area contributed by atoms with E-state index in [2.05, 4.69) is 32.1 Å². The molecule has 0 heterocycles. The Labute approximate surface area is 86.9 Å². The minimum absolute atomic E-state index is 0.274. The normalized spacial score (nSPS) is 24.7. The number of hydrogen-bond donors (Lipinski definition) is 0. The highest BCUT2D eigenvalue weighted by Crippen LogP contribution is 2.23. The molecule has 2 atom stereocenters. The van der Waals surface area contributed by atoms with Gasteiger partial charge in [0.1, 0.15) is 6.29 Å². The lowest BCUT2D eigenvalue weighted by molar-refractivity contribution is -0.111. The molecular formula is C13H20O. The maximum atomic E-state index is 10.5. The zero-order valence-electron chi connectivity index (χ0n) is 9.20. The fourth-order valence-electron chi connectivity index (χ4n) is 1.57. The standard InChI is InChI=1S/C13H20O/c1-3-11(2)4-5-12-6-8-13(10-14)9-7-12/h4-6,10-11,13H,3,7-9H2,1-2H3.